The van der Waals surface area contributed by atoms with Crippen LogP contribution in [0.4, 0.5) is 4.79 Å². The summed E-state index contributed by atoms with van der Waals surface area (Å²) in [6.07, 6.45) is 2.52. The van der Waals surface area contributed by atoms with Gasteiger partial charge in [-0.3, -0.25) is 0 Å². The monoisotopic (exact) mass is 328 g/mol. The van der Waals surface area contributed by atoms with Gasteiger partial charge in [-0.05, 0) is 43.7 Å². The number of aryl methyl sites for hydroxylation is 1. The van der Waals surface area contributed by atoms with Crippen molar-refractivity contribution in [2.24, 2.45) is 11.7 Å². The van der Waals surface area contributed by atoms with E-state index in [1.54, 1.807) is 14.0 Å². The van der Waals surface area contributed by atoms with Crippen LogP contribution in [0.15, 0.2) is 18.2 Å². The van der Waals surface area contributed by atoms with Crippen LogP contribution in [0.1, 0.15) is 36.9 Å². The Bertz CT molecular complexity index is 482. The molecule has 0 bridgehead atoms. The van der Waals surface area contributed by atoms with Gasteiger partial charge in [0.2, 0.25) is 0 Å². The van der Waals surface area contributed by atoms with Gasteiger partial charge in [0, 0.05) is 18.2 Å². The second-order valence-electron chi connectivity index (χ2n) is 5.29. The molecular weight excluding hydrogens is 304 g/mol. The van der Waals surface area contributed by atoms with E-state index in [0.717, 1.165) is 30.6 Å². The van der Waals surface area contributed by atoms with E-state index in [-0.39, 0.29) is 24.5 Å². The first-order valence-corrected chi connectivity index (χ1v) is 7.49. The number of nitrogens with two attached hydrogens (primary N) is 1. The Hall–Kier alpha value is -1.46. The maximum atomic E-state index is 11.3. The molecule has 0 fully saturated rings. The second-order valence-corrected chi connectivity index (χ2v) is 5.29. The number of methoxy groups -OCH3 is 1. The summed E-state index contributed by atoms with van der Waals surface area (Å²) in [6, 6.07) is 6.03. The van der Waals surface area contributed by atoms with Crippen LogP contribution < -0.4 is 15.8 Å². The molecule has 1 aromatic carbocycles. The van der Waals surface area contributed by atoms with E-state index in [1.165, 1.54) is 5.56 Å². The van der Waals surface area contributed by atoms with E-state index in [2.05, 4.69) is 11.4 Å². The SMILES string of the molecule is CCOC(=O)NCCC1CCc2cccc(OC)c2C1N.Cl. The molecular formula is C16H25ClN2O3. The smallest absolute Gasteiger partial charge is 0.407 e. The summed E-state index contributed by atoms with van der Waals surface area (Å²) in [4.78, 5) is 11.3. The lowest BCUT2D eigenvalue weighted by Crippen LogP contribution is -2.32. The van der Waals surface area contributed by atoms with Gasteiger partial charge in [-0.15, -0.1) is 12.4 Å². The summed E-state index contributed by atoms with van der Waals surface area (Å²) < 4.78 is 10.3. The second kappa shape index (κ2) is 8.86. The Morgan fingerprint density at radius 3 is 2.91 bits per heavy atom. The van der Waals surface area contributed by atoms with Gasteiger partial charge in [-0.2, -0.15) is 0 Å². The molecule has 0 radical (unpaired) electrons. The van der Waals surface area contributed by atoms with Crippen molar-refractivity contribution in [1.82, 2.24) is 5.32 Å². The molecule has 0 saturated carbocycles. The van der Waals surface area contributed by atoms with E-state index in [9.17, 15) is 4.79 Å². The van der Waals surface area contributed by atoms with Gasteiger partial charge in [0.15, 0.2) is 0 Å². The van der Waals surface area contributed by atoms with E-state index >= 15 is 0 Å². The largest absolute Gasteiger partial charge is 0.496 e. The number of halogens is 1. The molecule has 5 nitrogen and oxygen atoms in total. The average molecular weight is 329 g/mol. The summed E-state index contributed by atoms with van der Waals surface area (Å²) in [5, 5.41) is 2.76. The van der Waals surface area contributed by atoms with Gasteiger partial charge in [0.05, 0.1) is 13.7 Å². The highest BCUT2D eigenvalue weighted by Crippen LogP contribution is 2.39. The summed E-state index contributed by atoms with van der Waals surface area (Å²) >= 11 is 0. The number of fused-ring (bicyclic) bond motifs is 1. The fourth-order valence-electron chi connectivity index (χ4n) is 2.99. The van der Waals surface area contributed by atoms with Crippen molar-refractivity contribution >= 4 is 18.5 Å². The van der Waals surface area contributed by atoms with Crippen LogP contribution in [0.2, 0.25) is 0 Å². The third-order valence-corrected chi connectivity index (χ3v) is 4.06. The lowest BCUT2D eigenvalue weighted by Gasteiger charge is -2.32. The highest BCUT2D eigenvalue weighted by atomic mass is 35.5. The lowest BCUT2D eigenvalue weighted by molar-refractivity contribution is 0.151. The number of nitrogens with one attached hydrogen (secondary N) is 1. The molecule has 2 unspecified atom stereocenters. The molecule has 0 aromatic heterocycles. The Morgan fingerprint density at radius 1 is 1.45 bits per heavy atom. The predicted molar refractivity (Wildman–Crippen MR) is 88.6 cm³/mol. The summed E-state index contributed by atoms with van der Waals surface area (Å²) in [5.74, 6) is 1.21. The molecule has 124 valence electrons. The predicted octanol–water partition coefficient (Wildman–Crippen LogP) is 2.82. The lowest BCUT2D eigenvalue weighted by atomic mass is 9.78. The zero-order chi connectivity index (χ0) is 15.2. The van der Waals surface area contributed by atoms with Crippen molar-refractivity contribution in [2.45, 2.75) is 32.2 Å². The van der Waals surface area contributed by atoms with E-state index in [4.69, 9.17) is 15.2 Å². The van der Waals surface area contributed by atoms with E-state index in [1.807, 2.05) is 12.1 Å². The van der Waals surface area contributed by atoms with Crippen molar-refractivity contribution in [3.05, 3.63) is 29.3 Å². The minimum absolute atomic E-state index is 0. The van der Waals surface area contributed by atoms with Gasteiger partial charge in [0.1, 0.15) is 5.75 Å². The Balaban J connectivity index is 0.00000242. The van der Waals surface area contributed by atoms with Crippen molar-refractivity contribution in [1.29, 1.82) is 0 Å². The maximum absolute atomic E-state index is 11.3. The summed E-state index contributed by atoms with van der Waals surface area (Å²) in [5.41, 5.74) is 8.81. The molecule has 1 aliphatic carbocycles. The zero-order valence-electron chi connectivity index (χ0n) is 13.1. The molecule has 22 heavy (non-hydrogen) atoms. The van der Waals surface area contributed by atoms with Crippen LogP contribution in [0.25, 0.3) is 0 Å². The minimum atomic E-state index is -0.361. The van der Waals surface area contributed by atoms with Gasteiger partial charge in [-0.1, -0.05) is 12.1 Å². The van der Waals surface area contributed by atoms with Crippen molar-refractivity contribution in [3.63, 3.8) is 0 Å². The van der Waals surface area contributed by atoms with Crippen molar-refractivity contribution in [3.8, 4) is 5.75 Å². The average Bonchev–Trinajstić information content (AvgIpc) is 2.49. The molecule has 0 heterocycles. The first kappa shape index (κ1) is 18.6. The number of carbonyl (C=O) groups excluding carboxylic acids is 1. The number of hydrogen-bond acceptors (Lipinski definition) is 4. The summed E-state index contributed by atoms with van der Waals surface area (Å²) in [6.45, 7) is 2.76. The first-order valence-electron chi connectivity index (χ1n) is 7.49. The topological polar surface area (TPSA) is 73.6 Å². The molecule has 3 N–H and O–H groups in total. The number of alkyl carbamates (subject to hydrolysis) is 1. The quantitative estimate of drug-likeness (QED) is 0.871. The molecule has 1 aliphatic rings. The van der Waals surface area contributed by atoms with Crippen molar-refractivity contribution < 1.29 is 14.3 Å². The van der Waals surface area contributed by atoms with Crippen LogP contribution in [0.5, 0.6) is 5.75 Å². The Kier molecular flexibility index (Phi) is 7.48. The highest BCUT2D eigenvalue weighted by molar-refractivity contribution is 5.85. The first-order chi connectivity index (χ1) is 10.2. The Labute approximate surface area is 138 Å². The normalized spacial score (nSPS) is 19.6. The molecule has 6 heteroatoms. The van der Waals surface area contributed by atoms with Gasteiger partial charge in [0.25, 0.3) is 0 Å². The van der Waals surface area contributed by atoms with Gasteiger partial charge in [-0.25, -0.2) is 4.79 Å². The molecule has 0 saturated heterocycles. The van der Waals surface area contributed by atoms with E-state index < -0.39 is 0 Å². The third kappa shape index (κ3) is 4.27. The molecule has 2 atom stereocenters. The number of carbonyl (C=O) groups is 1. The fourth-order valence-corrected chi connectivity index (χ4v) is 2.99. The number of benzene rings is 1. The molecule has 0 aliphatic heterocycles. The third-order valence-electron chi connectivity index (χ3n) is 4.06. The minimum Gasteiger partial charge on any atom is -0.496 e. The molecule has 2 rings (SSSR count). The van der Waals surface area contributed by atoms with Gasteiger partial charge < -0.3 is 20.5 Å². The fraction of sp³-hybridized carbons (Fsp3) is 0.562. The highest BCUT2D eigenvalue weighted by Gasteiger charge is 2.29. The molecule has 1 amide bonds. The van der Waals surface area contributed by atoms with Crippen LogP contribution in [0, 0.1) is 5.92 Å². The van der Waals surface area contributed by atoms with Crippen LogP contribution in [-0.2, 0) is 11.2 Å². The zero-order valence-corrected chi connectivity index (χ0v) is 13.9. The molecule has 1 aromatic rings. The van der Waals surface area contributed by atoms with Crippen LogP contribution in [0.3, 0.4) is 0 Å². The number of rotatable bonds is 5. The summed E-state index contributed by atoms with van der Waals surface area (Å²) in [7, 11) is 1.67. The standard InChI is InChI=1S/C16H24N2O3.ClH/c1-3-21-16(19)18-10-9-12-8-7-11-5-4-6-13(20-2)14(11)15(12)17;/h4-6,12,15H,3,7-10,17H2,1-2H3,(H,18,19);1H. The Morgan fingerprint density at radius 2 is 2.23 bits per heavy atom. The molecule has 0 spiro atoms. The van der Waals surface area contributed by atoms with Crippen LogP contribution in [-0.4, -0.2) is 26.4 Å². The maximum Gasteiger partial charge on any atom is 0.407 e. The number of hydrogen-bond donors (Lipinski definition) is 2. The number of amides is 1. The van der Waals surface area contributed by atoms with Crippen molar-refractivity contribution in [2.75, 3.05) is 20.3 Å². The van der Waals surface area contributed by atoms with Crippen LogP contribution >= 0.6 is 12.4 Å². The number of ether oxygens (including phenoxy) is 2. The van der Waals surface area contributed by atoms with E-state index in [0.29, 0.717) is 19.1 Å². The van der Waals surface area contributed by atoms with Gasteiger partial charge >= 0.3 is 6.09 Å².